The maximum Gasteiger partial charge on any atom is 0.222 e. The van der Waals surface area contributed by atoms with Crippen molar-refractivity contribution >= 4 is 5.91 Å². The number of likely N-dealkylation sites (N-methyl/N-ethyl adjacent to an activating group) is 1. The molecule has 0 aliphatic heterocycles. The van der Waals surface area contributed by atoms with Crippen LogP contribution < -0.4 is 0 Å². The summed E-state index contributed by atoms with van der Waals surface area (Å²) in [6.07, 6.45) is 3.81. The molecule has 0 aliphatic carbocycles. The van der Waals surface area contributed by atoms with Gasteiger partial charge in [-0.3, -0.25) is 4.79 Å². The lowest BCUT2D eigenvalue weighted by Crippen LogP contribution is -2.31. The van der Waals surface area contributed by atoms with Gasteiger partial charge in [0, 0.05) is 26.3 Å². The van der Waals surface area contributed by atoms with Crippen molar-refractivity contribution in [3.63, 3.8) is 0 Å². The fraction of sp³-hybridized carbons (Fsp3) is 0.375. The number of nitrogens with zero attached hydrogens (tertiary/aromatic N) is 3. The number of aryl methyl sites for hydroxylation is 3. The Balaban J connectivity index is 1.36. The van der Waals surface area contributed by atoms with Crippen LogP contribution in [0.3, 0.4) is 0 Å². The van der Waals surface area contributed by atoms with E-state index in [2.05, 4.69) is 34.5 Å². The van der Waals surface area contributed by atoms with Crippen molar-refractivity contribution in [3.05, 3.63) is 83.6 Å². The van der Waals surface area contributed by atoms with Crippen molar-refractivity contribution in [3.8, 4) is 0 Å². The molecule has 0 saturated heterocycles. The smallest absolute Gasteiger partial charge is 0.222 e. The maximum atomic E-state index is 12.4. The number of aromatic nitrogens is 2. The molecule has 0 spiro atoms. The van der Waals surface area contributed by atoms with E-state index in [0.717, 1.165) is 31.2 Å². The molecule has 1 unspecified atom stereocenters. The van der Waals surface area contributed by atoms with Crippen LogP contribution in [0.15, 0.2) is 65.1 Å². The molecule has 0 radical (unpaired) electrons. The minimum atomic E-state index is -0.703. The summed E-state index contributed by atoms with van der Waals surface area (Å²) in [4.78, 5) is 13.9. The van der Waals surface area contributed by atoms with Gasteiger partial charge in [0.05, 0.1) is 12.6 Å². The summed E-state index contributed by atoms with van der Waals surface area (Å²) >= 11 is 0. The molecule has 158 valence electrons. The second-order valence-electron chi connectivity index (χ2n) is 7.48. The van der Waals surface area contributed by atoms with E-state index in [4.69, 9.17) is 4.42 Å². The summed E-state index contributed by atoms with van der Waals surface area (Å²) < 4.78 is 5.67. The Morgan fingerprint density at radius 1 is 0.933 bits per heavy atom. The molecule has 1 aromatic heterocycles. The number of amides is 1. The zero-order chi connectivity index (χ0) is 21.2. The van der Waals surface area contributed by atoms with Crippen molar-refractivity contribution in [2.24, 2.45) is 0 Å². The molecule has 3 aromatic rings. The highest BCUT2D eigenvalue weighted by Crippen LogP contribution is 2.14. The predicted molar refractivity (Wildman–Crippen MR) is 115 cm³/mol. The molecule has 3 rings (SSSR count). The first-order valence-electron chi connectivity index (χ1n) is 10.4. The summed E-state index contributed by atoms with van der Waals surface area (Å²) in [5, 5.41) is 18.4. The number of aliphatic hydroxyl groups is 1. The maximum absolute atomic E-state index is 12.4. The van der Waals surface area contributed by atoms with E-state index in [9.17, 15) is 9.90 Å². The second-order valence-corrected chi connectivity index (χ2v) is 7.48. The second kappa shape index (κ2) is 11.3. The predicted octanol–water partition coefficient (Wildman–Crippen LogP) is 3.76. The van der Waals surface area contributed by atoms with Gasteiger partial charge >= 0.3 is 0 Å². The Labute approximate surface area is 177 Å². The van der Waals surface area contributed by atoms with Crippen LogP contribution in [0.4, 0.5) is 0 Å². The van der Waals surface area contributed by atoms with Gasteiger partial charge in [0.25, 0.3) is 0 Å². The number of unbranched alkanes of at least 4 members (excludes halogenated alkanes) is 1. The van der Waals surface area contributed by atoms with Gasteiger partial charge in [0.15, 0.2) is 0 Å². The largest absolute Gasteiger partial charge is 0.425 e. The number of hydrogen-bond acceptors (Lipinski definition) is 5. The molecule has 0 bridgehead atoms. The number of aliphatic hydroxyl groups excluding tert-OH is 1. The van der Waals surface area contributed by atoms with E-state index in [0.29, 0.717) is 18.2 Å². The van der Waals surface area contributed by atoms with Crippen molar-refractivity contribution < 1.29 is 14.3 Å². The Hall–Kier alpha value is -2.99. The molecule has 1 N–H and O–H groups in total. The lowest BCUT2D eigenvalue weighted by molar-refractivity contribution is -0.131. The third kappa shape index (κ3) is 6.81. The highest BCUT2D eigenvalue weighted by Gasteiger charge is 2.16. The Morgan fingerprint density at radius 2 is 1.53 bits per heavy atom. The van der Waals surface area contributed by atoms with Crippen molar-refractivity contribution in [1.29, 1.82) is 0 Å². The summed E-state index contributed by atoms with van der Waals surface area (Å²) in [7, 11) is 1.69. The number of hydrogen-bond donors (Lipinski definition) is 1. The molecule has 0 aliphatic rings. The summed E-state index contributed by atoms with van der Waals surface area (Å²) in [6.45, 7) is 0.249. The van der Waals surface area contributed by atoms with Crippen LogP contribution in [0.5, 0.6) is 0 Å². The summed E-state index contributed by atoms with van der Waals surface area (Å²) in [6, 6.07) is 19.7. The van der Waals surface area contributed by atoms with Gasteiger partial charge in [-0.15, -0.1) is 10.2 Å². The highest BCUT2D eigenvalue weighted by molar-refractivity contribution is 5.76. The minimum Gasteiger partial charge on any atom is -0.425 e. The van der Waals surface area contributed by atoms with Gasteiger partial charge in [-0.05, 0) is 30.4 Å². The molecule has 0 saturated carbocycles. The minimum absolute atomic E-state index is 0.0624. The molecule has 6 nitrogen and oxygen atoms in total. The molecule has 1 atom stereocenters. The van der Waals surface area contributed by atoms with Crippen LogP contribution in [-0.4, -0.2) is 39.7 Å². The van der Waals surface area contributed by atoms with Crippen LogP contribution in [0.1, 0.15) is 48.3 Å². The molecule has 0 fully saturated rings. The van der Waals surface area contributed by atoms with Gasteiger partial charge in [-0.2, -0.15) is 0 Å². The topological polar surface area (TPSA) is 79.5 Å². The third-order valence-corrected chi connectivity index (χ3v) is 5.07. The average molecular weight is 408 g/mol. The Morgan fingerprint density at radius 3 is 2.23 bits per heavy atom. The number of carbonyl (C=O) groups excluding carboxylic acids is 1. The molecule has 6 heteroatoms. The van der Waals surface area contributed by atoms with Crippen LogP contribution in [-0.2, 0) is 24.1 Å². The number of rotatable bonds is 11. The monoisotopic (exact) mass is 407 g/mol. The van der Waals surface area contributed by atoms with E-state index < -0.39 is 6.10 Å². The normalized spacial score (nSPS) is 11.9. The summed E-state index contributed by atoms with van der Waals surface area (Å²) in [5.74, 6) is 1.05. The lowest BCUT2D eigenvalue weighted by atomic mass is 10.1. The number of benzene rings is 2. The first kappa shape index (κ1) is 21.7. The van der Waals surface area contributed by atoms with Gasteiger partial charge in [0.1, 0.15) is 0 Å². The van der Waals surface area contributed by atoms with Crippen LogP contribution in [0.2, 0.25) is 0 Å². The van der Waals surface area contributed by atoms with E-state index >= 15 is 0 Å². The fourth-order valence-electron chi connectivity index (χ4n) is 3.29. The zero-order valence-corrected chi connectivity index (χ0v) is 17.4. The Bertz CT molecular complexity index is 896. The molecular weight excluding hydrogens is 378 g/mol. The summed E-state index contributed by atoms with van der Waals surface area (Å²) in [5.41, 5.74) is 2.13. The molecular formula is C24H29N3O3. The van der Waals surface area contributed by atoms with Crippen LogP contribution in [0, 0.1) is 0 Å². The molecule has 1 heterocycles. The third-order valence-electron chi connectivity index (χ3n) is 5.07. The first-order chi connectivity index (χ1) is 14.6. The molecule has 30 heavy (non-hydrogen) atoms. The first-order valence-corrected chi connectivity index (χ1v) is 10.4. The van der Waals surface area contributed by atoms with Gasteiger partial charge in [0.2, 0.25) is 17.7 Å². The SMILES string of the molecule is CN(CC(O)c1ccccc1)C(=O)CCc1nnc(CCCCc2ccccc2)o1. The fourth-order valence-corrected chi connectivity index (χ4v) is 3.29. The number of carbonyl (C=O) groups is 1. The van der Waals surface area contributed by atoms with Crippen molar-refractivity contribution in [2.75, 3.05) is 13.6 Å². The molecule has 1 amide bonds. The van der Waals surface area contributed by atoms with Gasteiger partial charge in [-0.25, -0.2) is 0 Å². The molecule has 2 aromatic carbocycles. The van der Waals surface area contributed by atoms with E-state index in [1.807, 2.05) is 36.4 Å². The average Bonchev–Trinajstić information content (AvgIpc) is 3.24. The quantitative estimate of drug-likeness (QED) is 0.490. The van der Waals surface area contributed by atoms with Crippen LogP contribution >= 0.6 is 0 Å². The van der Waals surface area contributed by atoms with Crippen molar-refractivity contribution in [1.82, 2.24) is 15.1 Å². The van der Waals surface area contributed by atoms with Gasteiger partial charge < -0.3 is 14.4 Å². The zero-order valence-electron chi connectivity index (χ0n) is 17.4. The lowest BCUT2D eigenvalue weighted by Gasteiger charge is -2.21. The Kier molecular flexibility index (Phi) is 8.15. The van der Waals surface area contributed by atoms with Gasteiger partial charge in [-0.1, -0.05) is 60.7 Å². The van der Waals surface area contributed by atoms with E-state index in [1.165, 1.54) is 5.56 Å². The standard InChI is InChI=1S/C24H29N3O3/c1-27(18-21(28)20-13-6-3-7-14-20)24(29)17-16-23-26-25-22(30-23)15-9-8-12-19-10-4-2-5-11-19/h2-7,10-11,13-14,21,28H,8-9,12,15-18H2,1H3. The van der Waals surface area contributed by atoms with Crippen molar-refractivity contribution in [2.45, 2.75) is 44.6 Å². The van der Waals surface area contributed by atoms with Crippen LogP contribution in [0.25, 0.3) is 0 Å². The highest BCUT2D eigenvalue weighted by atomic mass is 16.4. The van der Waals surface area contributed by atoms with E-state index in [1.54, 1.807) is 11.9 Å². The van der Waals surface area contributed by atoms with E-state index in [-0.39, 0.29) is 18.9 Å².